The summed E-state index contributed by atoms with van der Waals surface area (Å²) in [6, 6.07) is 6.18. The third kappa shape index (κ3) is 5.36. The second-order valence-electron chi connectivity index (χ2n) is 6.03. The Labute approximate surface area is 129 Å². The maximum Gasteiger partial charge on any atom is 0.323 e. The van der Waals surface area contributed by atoms with Crippen LogP contribution < -0.4 is 10.6 Å². The first-order valence-corrected chi connectivity index (χ1v) is 7.02. The highest BCUT2D eigenvalue weighted by Gasteiger charge is 2.27. The number of carbonyl (C=O) groups is 2. The van der Waals surface area contributed by atoms with E-state index in [2.05, 4.69) is 0 Å². The van der Waals surface area contributed by atoms with Crippen LogP contribution in [0.2, 0.25) is 5.02 Å². The van der Waals surface area contributed by atoms with Crippen molar-refractivity contribution in [3.05, 3.63) is 29.3 Å². The number of nitrogens with zero attached hydrogens (tertiary/aromatic N) is 1. The van der Waals surface area contributed by atoms with Crippen LogP contribution in [0.4, 0.5) is 5.69 Å². The molecule has 21 heavy (non-hydrogen) atoms. The van der Waals surface area contributed by atoms with Crippen molar-refractivity contribution < 1.29 is 14.7 Å². The summed E-state index contributed by atoms with van der Waals surface area (Å²) in [5.74, 6) is -1.42. The van der Waals surface area contributed by atoms with Crippen molar-refractivity contribution in [1.29, 1.82) is 0 Å². The fraction of sp³-hybridized carbons (Fsp3) is 0.467. The molecule has 0 aliphatic carbocycles. The highest BCUT2D eigenvalue weighted by atomic mass is 35.5. The first-order valence-electron chi connectivity index (χ1n) is 6.64. The number of anilines is 1. The van der Waals surface area contributed by atoms with Gasteiger partial charge in [0.05, 0.1) is 0 Å². The van der Waals surface area contributed by atoms with Crippen LogP contribution in [-0.4, -0.2) is 29.6 Å². The van der Waals surface area contributed by atoms with E-state index in [1.165, 1.54) is 4.90 Å². The monoisotopic (exact) mass is 312 g/mol. The van der Waals surface area contributed by atoms with Gasteiger partial charge in [0.25, 0.3) is 0 Å². The van der Waals surface area contributed by atoms with E-state index >= 15 is 0 Å². The number of rotatable bonds is 5. The average molecular weight is 313 g/mol. The van der Waals surface area contributed by atoms with Crippen molar-refractivity contribution in [2.24, 2.45) is 11.1 Å². The Morgan fingerprint density at radius 1 is 1.38 bits per heavy atom. The standard InChI is InChI=1S/C15H21ClN2O3/c1-15(2,3)12(17)8-13(19)18(9-14(20)21)11-6-4-5-10(16)7-11/h4-7,12H,8-9,17H2,1-3H3,(H,20,21). The summed E-state index contributed by atoms with van der Waals surface area (Å²) in [5.41, 5.74) is 6.22. The summed E-state index contributed by atoms with van der Waals surface area (Å²) in [6.07, 6.45) is 0.0727. The number of carboxylic acid groups (broad SMARTS) is 1. The van der Waals surface area contributed by atoms with Crippen LogP contribution in [0.25, 0.3) is 0 Å². The summed E-state index contributed by atoms with van der Waals surface area (Å²) in [6.45, 7) is 5.39. The van der Waals surface area contributed by atoms with Crippen LogP contribution in [0.15, 0.2) is 24.3 Å². The second-order valence-corrected chi connectivity index (χ2v) is 6.47. The molecule has 0 fully saturated rings. The molecule has 0 heterocycles. The number of amides is 1. The van der Waals surface area contributed by atoms with Gasteiger partial charge in [-0.3, -0.25) is 9.59 Å². The lowest BCUT2D eigenvalue weighted by molar-refractivity contribution is -0.136. The minimum absolute atomic E-state index is 0.0727. The fourth-order valence-corrected chi connectivity index (χ4v) is 1.89. The Morgan fingerprint density at radius 2 is 2.00 bits per heavy atom. The maximum atomic E-state index is 12.4. The molecule has 1 rings (SSSR count). The van der Waals surface area contributed by atoms with Crippen molar-refractivity contribution in [1.82, 2.24) is 0 Å². The van der Waals surface area contributed by atoms with Gasteiger partial charge in [0, 0.05) is 23.2 Å². The van der Waals surface area contributed by atoms with Gasteiger partial charge in [-0.05, 0) is 23.6 Å². The number of nitrogens with two attached hydrogens (primary N) is 1. The minimum atomic E-state index is -1.09. The molecule has 3 N–H and O–H groups in total. The topological polar surface area (TPSA) is 83.6 Å². The van der Waals surface area contributed by atoms with Crippen molar-refractivity contribution in [3.8, 4) is 0 Å². The van der Waals surface area contributed by atoms with Crippen molar-refractivity contribution in [2.75, 3.05) is 11.4 Å². The highest BCUT2D eigenvalue weighted by molar-refractivity contribution is 6.30. The molecule has 1 atom stereocenters. The molecule has 0 aliphatic rings. The fourth-order valence-electron chi connectivity index (χ4n) is 1.71. The Balaban J connectivity index is 2.98. The average Bonchev–Trinajstić information content (AvgIpc) is 2.34. The van der Waals surface area contributed by atoms with Gasteiger partial charge in [0.2, 0.25) is 5.91 Å². The molecule has 1 unspecified atom stereocenters. The Bertz CT molecular complexity index is 526. The van der Waals surface area contributed by atoms with Gasteiger partial charge < -0.3 is 15.7 Å². The summed E-state index contributed by atoms with van der Waals surface area (Å²) >= 11 is 5.90. The van der Waals surface area contributed by atoms with E-state index in [0.29, 0.717) is 10.7 Å². The van der Waals surface area contributed by atoms with Crippen LogP contribution in [-0.2, 0) is 9.59 Å². The molecule has 1 amide bonds. The van der Waals surface area contributed by atoms with Crippen molar-refractivity contribution in [2.45, 2.75) is 33.2 Å². The number of carboxylic acids is 1. The smallest absolute Gasteiger partial charge is 0.323 e. The van der Waals surface area contributed by atoms with Gasteiger partial charge in [-0.25, -0.2) is 0 Å². The molecule has 0 aromatic heterocycles. The molecule has 6 heteroatoms. The van der Waals surface area contributed by atoms with Gasteiger partial charge in [0.1, 0.15) is 6.54 Å². The number of hydrogen-bond acceptors (Lipinski definition) is 3. The second kappa shape index (κ2) is 6.91. The Morgan fingerprint density at radius 3 is 2.48 bits per heavy atom. The van der Waals surface area contributed by atoms with Crippen LogP contribution in [0.1, 0.15) is 27.2 Å². The lowest BCUT2D eigenvalue weighted by Crippen LogP contribution is -2.43. The van der Waals surface area contributed by atoms with Crippen molar-refractivity contribution >= 4 is 29.2 Å². The quantitative estimate of drug-likeness (QED) is 0.875. The molecule has 1 aromatic carbocycles. The third-order valence-electron chi connectivity index (χ3n) is 3.22. The number of halogens is 1. The van der Waals surface area contributed by atoms with E-state index in [0.717, 1.165) is 0 Å². The third-order valence-corrected chi connectivity index (χ3v) is 3.46. The van der Waals surface area contributed by atoms with Crippen molar-refractivity contribution in [3.63, 3.8) is 0 Å². The molecule has 1 aromatic rings. The highest BCUT2D eigenvalue weighted by Crippen LogP contribution is 2.24. The van der Waals surface area contributed by atoms with E-state index in [1.807, 2.05) is 20.8 Å². The number of hydrogen-bond donors (Lipinski definition) is 2. The van der Waals surface area contributed by atoms with Gasteiger partial charge >= 0.3 is 5.97 Å². The Kier molecular flexibility index (Phi) is 5.75. The molecule has 0 aliphatic heterocycles. The van der Waals surface area contributed by atoms with Gasteiger partial charge in [-0.2, -0.15) is 0 Å². The number of carbonyl (C=O) groups excluding carboxylic acids is 1. The van der Waals surface area contributed by atoms with E-state index in [1.54, 1.807) is 24.3 Å². The first-order chi connectivity index (χ1) is 9.61. The molecular weight excluding hydrogens is 292 g/mol. The summed E-state index contributed by atoms with van der Waals surface area (Å²) < 4.78 is 0. The SMILES string of the molecule is CC(C)(C)C(N)CC(=O)N(CC(=O)O)c1cccc(Cl)c1. The summed E-state index contributed by atoms with van der Waals surface area (Å²) in [7, 11) is 0. The molecule has 116 valence electrons. The van der Waals surface area contributed by atoms with Crippen LogP contribution in [0.3, 0.4) is 0 Å². The zero-order valence-corrected chi connectivity index (χ0v) is 13.2. The van der Waals surface area contributed by atoms with E-state index < -0.39 is 12.5 Å². The van der Waals surface area contributed by atoms with E-state index in [-0.39, 0.29) is 23.8 Å². The van der Waals surface area contributed by atoms with E-state index in [4.69, 9.17) is 22.4 Å². The lowest BCUT2D eigenvalue weighted by Gasteiger charge is -2.29. The number of benzene rings is 1. The molecule has 0 bridgehead atoms. The van der Waals surface area contributed by atoms with Crippen LogP contribution >= 0.6 is 11.6 Å². The maximum absolute atomic E-state index is 12.4. The summed E-state index contributed by atoms with van der Waals surface area (Å²) in [5, 5.41) is 9.44. The van der Waals surface area contributed by atoms with Gasteiger partial charge in [0.15, 0.2) is 0 Å². The van der Waals surface area contributed by atoms with Crippen LogP contribution in [0.5, 0.6) is 0 Å². The van der Waals surface area contributed by atoms with Gasteiger partial charge in [-0.15, -0.1) is 0 Å². The first kappa shape index (κ1) is 17.5. The molecule has 0 saturated heterocycles. The molecule has 5 nitrogen and oxygen atoms in total. The predicted octanol–water partition coefficient (Wildman–Crippen LogP) is 2.52. The molecular formula is C15H21ClN2O3. The normalized spacial score (nSPS) is 12.8. The molecule has 0 spiro atoms. The van der Waals surface area contributed by atoms with E-state index in [9.17, 15) is 9.59 Å². The minimum Gasteiger partial charge on any atom is -0.480 e. The Hall–Kier alpha value is -1.59. The van der Waals surface area contributed by atoms with Crippen LogP contribution in [0, 0.1) is 5.41 Å². The molecule has 0 radical (unpaired) electrons. The largest absolute Gasteiger partial charge is 0.480 e. The summed E-state index contributed by atoms with van der Waals surface area (Å²) in [4.78, 5) is 24.6. The predicted molar refractivity (Wildman–Crippen MR) is 83.5 cm³/mol. The lowest BCUT2D eigenvalue weighted by atomic mass is 9.85. The molecule has 0 saturated carbocycles. The van der Waals surface area contributed by atoms with Gasteiger partial charge in [-0.1, -0.05) is 38.4 Å². The zero-order chi connectivity index (χ0) is 16.2. The zero-order valence-electron chi connectivity index (χ0n) is 12.5. The number of aliphatic carboxylic acids is 1.